The molecule has 2 aromatic rings. The molecule has 0 amide bonds. The molecule has 2 rings (SSSR count). The number of carbonyl (C=O) groups is 1. The van der Waals surface area contributed by atoms with Crippen LogP contribution >= 0.6 is 22.9 Å². The first kappa shape index (κ1) is 12.3. The second kappa shape index (κ2) is 4.98. The Labute approximate surface area is 108 Å². The Morgan fingerprint density at radius 3 is 2.76 bits per heavy atom. The van der Waals surface area contributed by atoms with Gasteiger partial charge < -0.3 is 0 Å². The third-order valence-electron chi connectivity index (χ3n) is 2.48. The van der Waals surface area contributed by atoms with Gasteiger partial charge in [0.25, 0.3) is 0 Å². The quantitative estimate of drug-likeness (QED) is 0.760. The summed E-state index contributed by atoms with van der Waals surface area (Å²) < 4.78 is 12.9. The van der Waals surface area contributed by atoms with Crippen LogP contribution in [0.2, 0.25) is 5.02 Å². The van der Waals surface area contributed by atoms with E-state index in [1.165, 1.54) is 23.5 Å². The van der Waals surface area contributed by atoms with Gasteiger partial charge in [0.1, 0.15) is 5.82 Å². The Hall–Kier alpha value is -1.19. The summed E-state index contributed by atoms with van der Waals surface area (Å²) in [5.41, 5.74) is 1.63. The van der Waals surface area contributed by atoms with Gasteiger partial charge in [-0.1, -0.05) is 17.7 Å². The van der Waals surface area contributed by atoms with Crippen LogP contribution in [0.25, 0.3) is 0 Å². The van der Waals surface area contributed by atoms with Crippen molar-refractivity contribution in [2.24, 2.45) is 0 Å². The lowest BCUT2D eigenvalue weighted by molar-refractivity contribution is 0.0996. The fourth-order valence-corrected chi connectivity index (χ4v) is 2.68. The van der Waals surface area contributed by atoms with Gasteiger partial charge in [0.15, 0.2) is 5.78 Å². The highest BCUT2D eigenvalue weighted by atomic mass is 35.5. The van der Waals surface area contributed by atoms with Gasteiger partial charge in [-0.3, -0.25) is 4.79 Å². The molecule has 0 aliphatic rings. The van der Waals surface area contributed by atoms with Gasteiger partial charge in [-0.15, -0.1) is 11.3 Å². The third-order valence-corrected chi connectivity index (χ3v) is 3.89. The minimum atomic E-state index is -0.390. The van der Waals surface area contributed by atoms with E-state index in [1.807, 2.05) is 18.4 Å². The predicted molar refractivity (Wildman–Crippen MR) is 68.5 cm³/mol. The number of benzene rings is 1. The monoisotopic (exact) mass is 268 g/mol. The fraction of sp³-hybridized carbons (Fsp3) is 0.154. The lowest BCUT2D eigenvalue weighted by atomic mass is 10.1. The van der Waals surface area contributed by atoms with Crippen LogP contribution in [0.1, 0.15) is 20.8 Å². The van der Waals surface area contributed by atoms with E-state index < -0.39 is 5.82 Å². The Kier molecular flexibility index (Phi) is 3.60. The van der Waals surface area contributed by atoms with E-state index in [0.717, 1.165) is 10.4 Å². The van der Waals surface area contributed by atoms with E-state index in [0.29, 0.717) is 10.6 Å². The molecular weight excluding hydrogens is 259 g/mol. The Balaban J connectivity index is 2.22. The zero-order valence-corrected chi connectivity index (χ0v) is 10.7. The maximum atomic E-state index is 12.9. The summed E-state index contributed by atoms with van der Waals surface area (Å²) in [5, 5.41) is 2.18. The van der Waals surface area contributed by atoms with Gasteiger partial charge in [0.2, 0.25) is 0 Å². The molecular formula is C13H10ClFOS. The number of ketones is 1. The topological polar surface area (TPSA) is 17.1 Å². The smallest absolute Gasteiger partial charge is 0.177 e. The minimum Gasteiger partial charge on any atom is -0.293 e. The van der Waals surface area contributed by atoms with Crippen molar-refractivity contribution in [1.29, 1.82) is 0 Å². The third kappa shape index (κ3) is 2.73. The van der Waals surface area contributed by atoms with Crippen molar-refractivity contribution in [3.05, 3.63) is 56.5 Å². The molecule has 0 aliphatic heterocycles. The predicted octanol–water partition coefficient (Wildman–Crippen LogP) is 4.27. The maximum absolute atomic E-state index is 12.9. The van der Waals surface area contributed by atoms with Crippen LogP contribution < -0.4 is 0 Å². The Bertz CT molecular complexity index is 562. The molecule has 0 aliphatic carbocycles. The number of thiophene rings is 1. The molecule has 4 heteroatoms. The van der Waals surface area contributed by atoms with Crippen LogP contribution in [0.15, 0.2) is 29.6 Å². The molecule has 0 atom stereocenters. The summed E-state index contributed by atoms with van der Waals surface area (Å²) in [6, 6.07) is 6.00. The lowest BCUT2D eigenvalue weighted by Crippen LogP contribution is -2.03. The zero-order chi connectivity index (χ0) is 12.4. The van der Waals surface area contributed by atoms with Crippen LogP contribution in [0, 0.1) is 12.7 Å². The molecule has 1 nitrogen and oxygen atoms in total. The SMILES string of the molecule is Cc1ccsc1C(=O)Cc1ccc(F)cc1Cl. The largest absolute Gasteiger partial charge is 0.293 e. The minimum absolute atomic E-state index is 0.0195. The summed E-state index contributed by atoms with van der Waals surface area (Å²) in [7, 11) is 0. The van der Waals surface area contributed by atoms with Gasteiger partial charge in [-0.05, 0) is 41.6 Å². The zero-order valence-electron chi connectivity index (χ0n) is 9.17. The summed E-state index contributed by atoms with van der Waals surface area (Å²) >= 11 is 7.31. The first-order valence-corrected chi connectivity index (χ1v) is 6.35. The molecule has 0 spiro atoms. The van der Waals surface area contributed by atoms with Crippen LogP contribution in [-0.4, -0.2) is 5.78 Å². The molecule has 1 aromatic heterocycles. The van der Waals surface area contributed by atoms with Gasteiger partial charge >= 0.3 is 0 Å². The molecule has 88 valence electrons. The van der Waals surface area contributed by atoms with E-state index >= 15 is 0 Å². The van der Waals surface area contributed by atoms with Crippen molar-refractivity contribution in [2.45, 2.75) is 13.3 Å². The number of aryl methyl sites for hydroxylation is 1. The molecule has 1 heterocycles. The summed E-state index contributed by atoms with van der Waals surface area (Å²) in [6.45, 7) is 1.90. The molecule has 0 radical (unpaired) electrons. The second-order valence-corrected chi connectivity index (χ2v) is 5.09. The van der Waals surface area contributed by atoms with Crippen LogP contribution in [0.3, 0.4) is 0 Å². The average Bonchev–Trinajstić information content (AvgIpc) is 2.68. The number of carbonyl (C=O) groups excluding carboxylic acids is 1. The van der Waals surface area contributed by atoms with Crippen molar-refractivity contribution >= 4 is 28.7 Å². The first-order chi connectivity index (χ1) is 8.08. The summed E-state index contributed by atoms with van der Waals surface area (Å²) in [5.74, 6) is -0.371. The molecule has 0 fully saturated rings. The van der Waals surface area contributed by atoms with E-state index in [2.05, 4.69) is 0 Å². The van der Waals surface area contributed by atoms with Gasteiger partial charge in [-0.2, -0.15) is 0 Å². The lowest BCUT2D eigenvalue weighted by Gasteiger charge is -2.03. The van der Waals surface area contributed by atoms with Crippen molar-refractivity contribution in [1.82, 2.24) is 0 Å². The standard InChI is InChI=1S/C13H10ClFOS/c1-8-4-5-17-13(8)12(16)6-9-2-3-10(15)7-11(9)14/h2-5,7H,6H2,1H3. The van der Waals surface area contributed by atoms with E-state index in [1.54, 1.807) is 6.07 Å². The number of hydrogen-bond donors (Lipinski definition) is 0. The van der Waals surface area contributed by atoms with E-state index in [-0.39, 0.29) is 12.2 Å². The summed E-state index contributed by atoms with van der Waals surface area (Å²) in [6.07, 6.45) is 0.209. The average molecular weight is 269 g/mol. The highest BCUT2D eigenvalue weighted by molar-refractivity contribution is 7.12. The van der Waals surface area contributed by atoms with Crippen molar-refractivity contribution in [2.75, 3.05) is 0 Å². The molecule has 0 saturated carbocycles. The normalized spacial score (nSPS) is 10.5. The highest BCUT2D eigenvalue weighted by Crippen LogP contribution is 2.22. The molecule has 0 bridgehead atoms. The van der Waals surface area contributed by atoms with Gasteiger partial charge in [0.05, 0.1) is 4.88 Å². The molecule has 17 heavy (non-hydrogen) atoms. The van der Waals surface area contributed by atoms with Crippen LogP contribution in [-0.2, 0) is 6.42 Å². The molecule has 0 saturated heterocycles. The van der Waals surface area contributed by atoms with E-state index in [9.17, 15) is 9.18 Å². The Morgan fingerprint density at radius 1 is 1.41 bits per heavy atom. The van der Waals surface area contributed by atoms with Crippen LogP contribution in [0.5, 0.6) is 0 Å². The molecule has 0 N–H and O–H groups in total. The first-order valence-electron chi connectivity index (χ1n) is 5.09. The van der Waals surface area contributed by atoms with Crippen molar-refractivity contribution in [3.8, 4) is 0 Å². The number of rotatable bonds is 3. The molecule has 0 unspecified atom stereocenters. The van der Waals surface area contributed by atoms with Crippen molar-refractivity contribution < 1.29 is 9.18 Å². The number of halogens is 2. The maximum Gasteiger partial charge on any atom is 0.177 e. The van der Waals surface area contributed by atoms with Crippen LogP contribution in [0.4, 0.5) is 4.39 Å². The highest BCUT2D eigenvalue weighted by Gasteiger charge is 2.13. The fourth-order valence-electron chi connectivity index (χ4n) is 1.58. The Morgan fingerprint density at radius 2 is 2.18 bits per heavy atom. The van der Waals surface area contributed by atoms with Gasteiger partial charge in [-0.25, -0.2) is 4.39 Å². The number of hydrogen-bond acceptors (Lipinski definition) is 2. The molecule has 1 aromatic carbocycles. The number of Topliss-reactive ketones (excluding diaryl/α,β-unsaturated/α-hetero) is 1. The van der Waals surface area contributed by atoms with Gasteiger partial charge in [0, 0.05) is 11.4 Å². The summed E-state index contributed by atoms with van der Waals surface area (Å²) in [4.78, 5) is 12.7. The van der Waals surface area contributed by atoms with Crippen molar-refractivity contribution in [3.63, 3.8) is 0 Å². The van der Waals surface area contributed by atoms with E-state index in [4.69, 9.17) is 11.6 Å². The second-order valence-electron chi connectivity index (χ2n) is 3.77.